The number of rotatable bonds is 10. The van der Waals surface area contributed by atoms with Crippen LogP contribution in [0.3, 0.4) is 0 Å². The average molecular weight is 814 g/mol. The summed E-state index contributed by atoms with van der Waals surface area (Å²) in [4.78, 5) is 82.8. The van der Waals surface area contributed by atoms with Gasteiger partial charge in [-0.05, 0) is 77.6 Å². The molecule has 0 saturated heterocycles. The molecule has 0 unspecified atom stereocenters. The second-order valence-corrected chi connectivity index (χ2v) is 15.9. The molecule has 3 heterocycles. The first-order valence-electron chi connectivity index (χ1n) is 19.6. The van der Waals surface area contributed by atoms with Crippen LogP contribution in [-0.4, -0.2) is 65.1 Å². The van der Waals surface area contributed by atoms with Crippen LogP contribution in [0.2, 0.25) is 0 Å². The van der Waals surface area contributed by atoms with Crippen molar-refractivity contribution in [1.29, 1.82) is 0 Å². The maximum atomic E-state index is 14.5. The Balaban J connectivity index is 1.36. The standard InChI is InChI=1S/C47H47N3O8S/c1-30(47(56)57)48-44(53)36-23-32-16-20-39(21-17-32)58-29-38(51)26-37(27-40-13-8-22-59-40)45(54)50-42(25-33-14-18-35(19-15-33)34-11-6-3-7-12-34)46(55)49-41(43(52)28-36)24-31-9-4-2-5-10-31/h2-22,30,36-37,41-42H,23-29H2,1H3,(H,48,53)(H,49,55)(H,50,54)(H,56,57)/t30-,36-,37+,41+,42+/m1/s1. The van der Waals surface area contributed by atoms with Crippen LogP contribution in [0.5, 0.6) is 5.75 Å². The lowest BCUT2D eigenvalue weighted by atomic mass is 9.89. The predicted octanol–water partition coefficient (Wildman–Crippen LogP) is 5.79. The van der Waals surface area contributed by atoms with Crippen LogP contribution in [0.25, 0.3) is 11.1 Å². The van der Waals surface area contributed by atoms with Crippen molar-refractivity contribution >= 4 is 46.6 Å². The van der Waals surface area contributed by atoms with Gasteiger partial charge in [-0.3, -0.25) is 28.8 Å². The molecule has 12 heteroatoms. The largest absolute Gasteiger partial charge is 0.486 e. The molecule has 59 heavy (non-hydrogen) atoms. The van der Waals surface area contributed by atoms with E-state index in [1.165, 1.54) is 18.3 Å². The number of hydrogen-bond donors (Lipinski definition) is 4. The van der Waals surface area contributed by atoms with Crippen molar-refractivity contribution in [2.45, 2.75) is 63.6 Å². The van der Waals surface area contributed by atoms with Gasteiger partial charge in [0.05, 0.1) is 6.04 Å². The highest BCUT2D eigenvalue weighted by atomic mass is 32.1. The van der Waals surface area contributed by atoms with Gasteiger partial charge in [-0.2, -0.15) is 0 Å². The fourth-order valence-electron chi connectivity index (χ4n) is 7.03. The summed E-state index contributed by atoms with van der Waals surface area (Å²) in [6.07, 6.45) is 0.0689. The van der Waals surface area contributed by atoms with E-state index in [0.717, 1.165) is 27.1 Å². The molecule has 0 radical (unpaired) electrons. The molecule has 5 aromatic rings. The van der Waals surface area contributed by atoms with E-state index in [1.54, 1.807) is 24.3 Å². The molecule has 7 rings (SSSR count). The molecule has 3 amide bonds. The Morgan fingerprint density at radius 3 is 2.00 bits per heavy atom. The number of carboxylic acids is 1. The first-order valence-corrected chi connectivity index (χ1v) is 20.5. The van der Waals surface area contributed by atoms with Crippen molar-refractivity contribution in [3.05, 3.63) is 148 Å². The van der Waals surface area contributed by atoms with Crippen LogP contribution in [0.15, 0.2) is 127 Å². The first kappa shape index (κ1) is 42.2. The molecular formula is C47H47N3O8S. The van der Waals surface area contributed by atoms with E-state index in [9.17, 15) is 33.9 Å². The van der Waals surface area contributed by atoms with Crippen LogP contribution in [0.4, 0.5) is 0 Å². The van der Waals surface area contributed by atoms with E-state index < -0.39 is 59.4 Å². The van der Waals surface area contributed by atoms with E-state index in [0.29, 0.717) is 11.3 Å². The number of hydrogen-bond acceptors (Lipinski definition) is 8. The van der Waals surface area contributed by atoms with Crippen molar-refractivity contribution in [3.63, 3.8) is 0 Å². The second kappa shape index (κ2) is 20.3. The van der Waals surface area contributed by atoms with Crippen molar-refractivity contribution in [3.8, 4) is 16.9 Å². The summed E-state index contributed by atoms with van der Waals surface area (Å²) in [5.41, 5.74) is 4.17. The lowest BCUT2D eigenvalue weighted by molar-refractivity contribution is -0.142. The Hall–Kier alpha value is -6.40. The SMILES string of the molecule is C[C@@H](NC(=O)[C@H]1CC(=O)[C@H](Cc2ccccc2)NC(=O)[C@H](Cc2ccc(-c3ccccc3)cc2)NC(=O)[C@H](Cc2cccs2)CC(=O)COc2ccc(cc2)C1)C(=O)O. The Morgan fingerprint density at radius 1 is 0.712 bits per heavy atom. The topological polar surface area (TPSA) is 168 Å². The zero-order chi connectivity index (χ0) is 41.7. The molecule has 11 nitrogen and oxygen atoms in total. The monoisotopic (exact) mass is 813 g/mol. The van der Waals surface area contributed by atoms with Gasteiger partial charge in [0.1, 0.15) is 24.4 Å². The number of benzene rings is 4. The normalized spacial score (nSPS) is 19.9. The second-order valence-electron chi connectivity index (χ2n) is 14.9. The van der Waals surface area contributed by atoms with E-state index >= 15 is 0 Å². The molecular weight excluding hydrogens is 767 g/mol. The van der Waals surface area contributed by atoms with Gasteiger partial charge in [-0.25, -0.2) is 0 Å². The number of thiophene rings is 1. The van der Waals surface area contributed by atoms with Crippen molar-refractivity contribution in [1.82, 2.24) is 16.0 Å². The van der Waals surface area contributed by atoms with Crippen LogP contribution < -0.4 is 20.7 Å². The Morgan fingerprint density at radius 2 is 1.34 bits per heavy atom. The van der Waals surface area contributed by atoms with E-state index in [4.69, 9.17) is 4.74 Å². The third-order valence-electron chi connectivity index (χ3n) is 10.3. The molecule has 4 aromatic carbocycles. The number of fused-ring (bicyclic) bond motifs is 16. The number of nitrogens with one attached hydrogen (secondary N) is 3. The number of carboxylic acid groups (broad SMARTS) is 1. The number of Topliss-reactive ketones (excluding diaryl/α,β-unsaturated/α-hetero) is 2. The number of ether oxygens (including phenoxy) is 1. The Labute approximate surface area is 347 Å². The number of aliphatic carboxylic acids is 1. The highest BCUT2D eigenvalue weighted by molar-refractivity contribution is 7.09. The maximum Gasteiger partial charge on any atom is 0.325 e. The molecule has 5 atom stereocenters. The molecule has 304 valence electrons. The summed E-state index contributed by atoms with van der Waals surface area (Å²) < 4.78 is 5.81. The number of carbonyl (C=O) groups excluding carboxylic acids is 5. The minimum absolute atomic E-state index is 0.0771. The molecule has 2 aliphatic heterocycles. The predicted molar refractivity (Wildman–Crippen MR) is 225 cm³/mol. The zero-order valence-electron chi connectivity index (χ0n) is 32.7. The van der Waals surface area contributed by atoms with Gasteiger partial charge in [0.25, 0.3) is 0 Å². The molecule has 0 saturated carbocycles. The van der Waals surface area contributed by atoms with Gasteiger partial charge >= 0.3 is 5.97 Å². The Kier molecular flexibility index (Phi) is 14.6. The fourth-order valence-corrected chi connectivity index (χ4v) is 7.82. The molecule has 0 fully saturated rings. The van der Waals surface area contributed by atoms with Crippen molar-refractivity contribution < 1.29 is 38.6 Å². The highest BCUT2D eigenvalue weighted by Gasteiger charge is 2.33. The third-order valence-corrected chi connectivity index (χ3v) is 11.2. The number of carbonyl (C=O) groups is 6. The van der Waals surface area contributed by atoms with E-state index in [2.05, 4.69) is 16.0 Å². The van der Waals surface area contributed by atoms with Gasteiger partial charge in [0.15, 0.2) is 11.6 Å². The lowest BCUT2D eigenvalue weighted by Crippen LogP contribution is -2.54. The number of ketones is 2. The molecule has 0 spiro atoms. The van der Waals surface area contributed by atoms with Crippen LogP contribution >= 0.6 is 11.3 Å². The minimum atomic E-state index is -1.23. The molecule has 2 bridgehead atoms. The van der Waals surface area contributed by atoms with Crippen LogP contribution in [0, 0.1) is 11.8 Å². The Bertz CT molecular complexity index is 2210. The zero-order valence-corrected chi connectivity index (χ0v) is 33.5. The summed E-state index contributed by atoms with van der Waals surface area (Å²) in [6.45, 7) is 1.05. The van der Waals surface area contributed by atoms with Crippen LogP contribution in [-0.2, 0) is 54.5 Å². The third kappa shape index (κ3) is 12.3. The number of amides is 3. The summed E-state index contributed by atoms with van der Waals surface area (Å²) >= 11 is 1.47. The first-order chi connectivity index (χ1) is 28.5. The van der Waals surface area contributed by atoms with Crippen LogP contribution in [0.1, 0.15) is 41.3 Å². The highest BCUT2D eigenvalue weighted by Crippen LogP contribution is 2.23. The molecule has 0 aliphatic carbocycles. The van der Waals surface area contributed by atoms with Gasteiger partial charge in [0, 0.05) is 36.0 Å². The lowest BCUT2D eigenvalue weighted by Gasteiger charge is -2.26. The van der Waals surface area contributed by atoms with Gasteiger partial charge in [0.2, 0.25) is 17.7 Å². The molecule has 4 N–H and O–H groups in total. The summed E-state index contributed by atoms with van der Waals surface area (Å²) in [6, 6.07) is 33.6. The van der Waals surface area contributed by atoms with E-state index in [1.807, 2.05) is 102 Å². The average Bonchev–Trinajstić information content (AvgIpc) is 3.76. The van der Waals surface area contributed by atoms with E-state index in [-0.39, 0.29) is 50.9 Å². The van der Waals surface area contributed by atoms with Gasteiger partial charge in [-0.1, -0.05) is 103 Å². The van der Waals surface area contributed by atoms with Crippen molar-refractivity contribution in [2.24, 2.45) is 11.8 Å². The smallest absolute Gasteiger partial charge is 0.325 e. The fraction of sp³-hybridized carbons (Fsp3) is 0.277. The van der Waals surface area contributed by atoms with Gasteiger partial charge in [-0.15, -0.1) is 11.3 Å². The minimum Gasteiger partial charge on any atom is -0.486 e. The molecule has 1 aromatic heterocycles. The summed E-state index contributed by atoms with van der Waals surface area (Å²) in [7, 11) is 0. The summed E-state index contributed by atoms with van der Waals surface area (Å²) in [5.74, 6) is -5.14. The quantitative estimate of drug-likeness (QED) is 0.138. The molecule has 2 aliphatic rings. The maximum absolute atomic E-state index is 14.5. The summed E-state index contributed by atoms with van der Waals surface area (Å²) in [5, 5.41) is 19.8. The van der Waals surface area contributed by atoms with Gasteiger partial charge < -0.3 is 25.8 Å². The van der Waals surface area contributed by atoms with Crippen molar-refractivity contribution in [2.75, 3.05) is 6.61 Å².